The molecule has 0 unspecified atom stereocenters. The van der Waals surface area contributed by atoms with Gasteiger partial charge in [-0.3, -0.25) is 9.69 Å². The van der Waals surface area contributed by atoms with Crippen LogP contribution < -0.4 is 9.64 Å². The zero-order valence-electron chi connectivity index (χ0n) is 16.5. The van der Waals surface area contributed by atoms with Gasteiger partial charge < -0.3 is 19.7 Å². The largest absolute Gasteiger partial charge is 0.480 e. The molecule has 1 fully saturated rings. The van der Waals surface area contributed by atoms with Crippen molar-refractivity contribution in [3.05, 3.63) is 58.2 Å². The lowest BCUT2D eigenvalue weighted by Gasteiger charge is -2.38. The first-order chi connectivity index (χ1) is 15.0. The molecule has 9 heteroatoms. The molecular weight excluding hydrogens is 439 g/mol. The Bertz CT molecular complexity index is 1150. The smallest absolute Gasteiger partial charge is 0.325 e. The van der Waals surface area contributed by atoms with Crippen molar-refractivity contribution in [2.45, 2.75) is 6.04 Å². The van der Waals surface area contributed by atoms with Crippen molar-refractivity contribution < 1.29 is 14.6 Å². The highest BCUT2D eigenvalue weighted by Crippen LogP contribution is 2.33. The standard InChI is InChI=1S/C22H20Cl2N4O3/c23-18-3-1-14(11-19(18)24)27-6-8-28(9-7-27)21(22(29)30)17-13-26-20-4-2-15(12-16(17)20)31-10-5-25/h1-4,11-13,21,26H,6-10H2,(H,29,30)/t21-/m0/s1. The van der Waals surface area contributed by atoms with Crippen LogP contribution in [0.15, 0.2) is 42.6 Å². The van der Waals surface area contributed by atoms with Crippen LogP contribution in [-0.2, 0) is 4.79 Å². The number of nitrogens with one attached hydrogen (secondary N) is 1. The number of rotatable bonds is 6. The Morgan fingerprint density at radius 1 is 1.16 bits per heavy atom. The zero-order valence-corrected chi connectivity index (χ0v) is 18.0. The van der Waals surface area contributed by atoms with Crippen molar-refractivity contribution in [3.63, 3.8) is 0 Å². The van der Waals surface area contributed by atoms with Gasteiger partial charge in [-0.2, -0.15) is 5.26 Å². The predicted molar refractivity (Wildman–Crippen MR) is 120 cm³/mol. The summed E-state index contributed by atoms with van der Waals surface area (Å²) >= 11 is 12.2. The number of H-pyrrole nitrogens is 1. The molecule has 0 amide bonds. The van der Waals surface area contributed by atoms with E-state index in [1.807, 2.05) is 29.2 Å². The van der Waals surface area contributed by atoms with Crippen LogP contribution in [0, 0.1) is 11.3 Å². The molecule has 1 saturated heterocycles. The second kappa shape index (κ2) is 9.06. The van der Waals surface area contributed by atoms with E-state index >= 15 is 0 Å². The number of hydrogen-bond acceptors (Lipinski definition) is 5. The number of nitriles is 1. The number of fused-ring (bicyclic) bond motifs is 1. The van der Waals surface area contributed by atoms with Crippen molar-refractivity contribution >= 4 is 45.8 Å². The van der Waals surface area contributed by atoms with E-state index < -0.39 is 12.0 Å². The molecule has 3 aromatic rings. The Hall–Kier alpha value is -2.92. The molecule has 7 nitrogen and oxygen atoms in total. The van der Waals surface area contributed by atoms with Gasteiger partial charge in [0.2, 0.25) is 0 Å². The fourth-order valence-corrected chi connectivity index (χ4v) is 4.25. The van der Waals surface area contributed by atoms with Crippen LogP contribution in [0.25, 0.3) is 10.9 Å². The van der Waals surface area contributed by atoms with Crippen LogP contribution in [-0.4, -0.2) is 53.7 Å². The highest BCUT2D eigenvalue weighted by molar-refractivity contribution is 6.42. The summed E-state index contributed by atoms with van der Waals surface area (Å²) in [6.07, 6.45) is 1.74. The maximum absolute atomic E-state index is 12.3. The van der Waals surface area contributed by atoms with Gasteiger partial charge in [0, 0.05) is 54.5 Å². The van der Waals surface area contributed by atoms with Crippen molar-refractivity contribution in [1.82, 2.24) is 9.88 Å². The third-order valence-electron chi connectivity index (χ3n) is 5.46. The summed E-state index contributed by atoms with van der Waals surface area (Å²) in [4.78, 5) is 19.5. The van der Waals surface area contributed by atoms with E-state index in [-0.39, 0.29) is 6.61 Å². The number of carboxylic acids is 1. The third kappa shape index (κ3) is 4.42. The molecule has 1 aliphatic rings. The molecule has 160 valence electrons. The lowest BCUT2D eigenvalue weighted by atomic mass is 10.0. The number of aliphatic carboxylic acids is 1. The van der Waals surface area contributed by atoms with Gasteiger partial charge in [-0.25, -0.2) is 0 Å². The van der Waals surface area contributed by atoms with E-state index in [0.717, 1.165) is 16.6 Å². The minimum Gasteiger partial charge on any atom is -0.480 e. The van der Waals surface area contributed by atoms with E-state index in [2.05, 4.69) is 9.88 Å². The number of halogens is 2. The summed E-state index contributed by atoms with van der Waals surface area (Å²) in [5, 5.41) is 20.6. The fraction of sp³-hybridized carbons (Fsp3) is 0.273. The molecule has 1 aliphatic heterocycles. The van der Waals surface area contributed by atoms with Gasteiger partial charge in [-0.05, 0) is 36.4 Å². The predicted octanol–water partition coefficient (Wildman–Crippen LogP) is 4.32. The van der Waals surface area contributed by atoms with Gasteiger partial charge >= 0.3 is 5.97 Å². The average molecular weight is 459 g/mol. The number of carbonyl (C=O) groups is 1. The molecule has 1 atom stereocenters. The average Bonchev–Trinajstić information content (AvgIpc) is 3.17. The van der Waals surface area contributed by atoms with Crippen LogP contribution >= 0.6 is 23.2 Å². The quantitative estimate of drug-likeness (QED) is 0.570. The lowest BCUT2D eigenvalue weighted by Crippen LogP contribution is -2.49. The van der Waals surface area contributed by atoms with Crippen LogP contribution in [0.1, 0.15) is 11.6 Å². The van der Waals surface area contributed by atoms with Gasteiger partial charge in [-0.1, -0.05) is 23.2 Å². The summed E-state index contributed by atoms with van der Waals surface area (Å²) in [6, 6.07) is 12.0. The van der Waals surface area contributed by atoms with E-state index in [4.69, 9.17) is 33.2 Å². The van der Waals surface area contributed by atoms with Crippen molar-refractivity contribution in [2.75, 3.05) is 37.7 Å². The molecule has 2 heterocycles. The number of hydrogen-bond donors (Lipinski definition) is 2. The number of anilines is 1. The zero-order chi connectivity index (χ0) is 22.0. The Morgan fingerprint density at radius 2 is 1.94 bits per heavy atom. The number of carboxylic acid groups (broad SMARTS) is 1. The normalized spacial score (nSPS) is 15.6. The molecule has 1 aromatic heterocycles. The molecule has 0 spiro atoms. The summed E-state index contributed by atoms with van der Waals surface area (Å²) in [5.74, 6) is -0.379. The third-order valence-corrected chi connectivity index (χ3v) is 6.20. The van der Waals surface area contributed by atoms with Gasteiger partial charge in [0.25, 0.3) is 0 Å². The monoisotopic (exact) mass is 458 g/mol. The number of aromatic nitrogens is 1. The molecule has 0 aliphatic carbocycles. The Labute approximate surface area is 189 Å². The number of nitrogens with zero attached hydrogens (tertiary/aromatic N) is 3. The van der Waals surface area contributed by atoms with E-state index in [9.17, 15) is 9.90 Å². The Balaban J connectivity index is 1.55. The minimum absolute atomic E-state index is 0.0652. The first-order valence-electron chi connectivity index (χ1n) is 9.75. The molecule has 0 bridgehead atoms. The van der Waals surface area contributed by atoms with E-state index in [1.54, 1.807) is 24.4 Å². The summed E-state index contributed by atoms with van der Waals surface area (Å²) in [6.45, 7) is 2.43. The van der Waals surface area contributed by atoms with Crippen LogP contribution in [0.4, 0.5) is 5.69 Å². The van der Waals surface area contributed by atoms with Crippen molar-refractivity contribution in [1.29, 1.82) is 5.26 Å². The van der Waals surface area contributed by atoms with Crippen LogP contribution in [0.5, 0.6) is 5.75 Å². The van der Waals surface area contributed by atoms with Crippen molar-refractivity contribution in [2.24, 2.45) is 0 Å². The second-order valence-electron chi connectivity index (χ2n) is 7.26. The van der Waals surface area contributed by atoms with Crippen molar-refractivity contribution in [3.8, 4) is 11.8 Å². The van der Waals surface area contributed by atoms with Gasteiger partial charge in [0.15, 0.2) is 6.61 Å². The van der Waals surface area contributed by atoms with E-state index in [1.165, 1.54) is 0 Å². The second-order valence-corrected chi connectivity index (χ2v) is 8.07. The van der Waals surface area contributed by atoms with Crippen LogP contribution in [0.2, 0.25) is 10.0 Å². The molecule has 0 radical (unpaired) electrons. The lowest BCUT2D eigenvalue weighted by molar-refractivity contribution is -0.143. The topological polar surface area (TPSA) is 92.6 Å². The highest BCUT2D eigenvalue weighted by atomic mass is 35.5. The SMILES string of the molecule is N#CCOc1ccc2[nH]cc([C@@H](C(=O)O)N3CCN(c4ccc(Cl)c(Cl)c4)CC3)c2c1. The molecule has 31 heavy (non-hydrogen) atoms. The highest BCUT2D eigenvalue weighted by Gasteiger charge is 2.32. The molecule has 2 aromatic carbocycles. The Morgan fingerprint density at radius 3 is 2.61 bits per heavy atom. The molecule has 2 N–H and O–H groups in total. The van der Waals surface area contributed by atoms with Gasteiger partial charge in [0.1, 0.15) is 17.9 Å². The number of benzene rings is 2. The summed E-state index contributed by atoms with van der Waals surface area (Å²) in [7, 11) is 0. The molecular formula is C22H20Cl2N4O3. The van der Waals surface area contributed by atoms with Gasteiger partial charge in [0.05, 0.1) is 10.0 Å². The maximum Gasteiger partial charge on any atom is 0.325 e. The van der Waals surface area contributed by atoms with E-state index in [0.29, 0.717) is 47.5 Å². The first-order valence-corrected chi connectivity index (χ1v) is 10.5. The van der Waals surface area contributed by atoms with Crippen LogP contribution in [0.3, 0.4) is 0 Å². The summed E-state index contributed by atoms with van der Waals surface area (Å²) < 4.78 is 5.39. The fourth-order valence-electron chi connectivity index (χ4n) is 3.96. The number of aromatic amines is 1. The Kier molecular flexibility index (Phi) is 6.23. The maximum atomic E-state index is 12.3. The molecule has 4 rings (SSSR count). The minimum atomic E-state index is -0.910. The van der Waals surface area contributed by atoms with Gasteiger partial charge in [-0.15, -0.1) is 0 Å². The summed E-state index contributed by atoms with van der Waals surface area (Å²) in [5.41, 5.74) is 2.46. The molecule has 0 saturated carbocycles. The first kappa shape index (κ1) is 21.3. The number of ether oxygens (including phenoxy) is 1. The number of piperazine rings is 1.